The number of rotatable bonds is 3. The summed E-state index contributed by atoms with van der Waals surface area (Å²) in [5.41, 5.74) is 6.09. The van der Waals surface area contributed by atoms with Gasteiger partial charge in [-0.05, 0) is 36.6 Å². The van der Waals surface area contributed by atoms with Gasteiger partial charge in [-0.2, -0.15) is 4.31 Å². The third kappa shape index (κ3) is 2.35. The first-order valence-corrected chi connectivity index (χ1v) is 7.69. The van der Waals surface area contributed by atoms with E-state index >= 15 is 0 Å². The molecular weight excluding hydrogens is 264 g/mol. The molecule has 106 valence electrons. The van der Waals surface area contributed by atoms with Crippen molar-refractivity contribution in [2.75, 3.05) is 18.8 Å². The van der Waals surface area contributed by atoms with Crippen LogP contribution in [0.15, 0.2) is 23.1 Å². The Hall–Kier alpha value is -1.11. The van der Waals surface area contributed by atoms with Gasteiger partial charge in [0.2, 0.25) is 10.0 Å². The standard InChI is InChI=1S/C13H20N2O3S/c1-9(2)13(16)7-15(8-13)19(17,18)11-4-5-12(14)10(3)6-11/h4-6,9,16H,7-8,14H2,1-3H3. The molecule has 1 aliphatic rings. The Morgan fingerprint density at radius 2 is 1.95 bits per heavy atom. The van der Waals surface area contributed by atoms with Crippen LogP contribution in [0.2, 0.25) is 0 Å². The summed E-state index contributed by atoms with van der Waals surface area (Å²) < 4.78 is 26.0. The second kappa shape index (κ2) is 4.47. The smallest absolute Gasteiger partial charge is 0.243 e. The molecule has 0 bridgehead atoms. The molecule has 3 N–H and O–H groups in total. The predicted molar refractivity (Wildman–Crippen MR) is 74.1 cm³/mol. The first-order chi connectivity index (χ1) is 8.67. The van der Waals surface area contributed by atoms with Crippen LogP contribution in [0.25, 0.3) is 0 Å². The molecule has 1 heterocycles. The van der Waals surface area contributed by atoms with E-state index in [2.05, 4.69) is 0 Å². The van der Waals surface area contributed by atoms with Gasteiger partial charge in [0, 0.05) is 18.8 Å². The van der Waals surface area contributed by atoms with Crippen molar-refractivity contribution in [2.45, 2.75) is 31.3 Å². The van der Waals surface area contributed by atoms with E-state index in [1.165, 1.54) is 10.4 Å². The molecule has 0 aliphatic carbocycles. The highest BCUT2D eigenvalue weighted by Gasteiger charge is 2.49. The monoisotopic (exact) mass is 284 g/mol. The summed E-state index contributed by atoms with van der Waals surface area (Å²) in [5, 5.41) is 10.1. The second-order valence-corrected chi connectivity index (χ2v) is 7.49. The maximum Gasteiger partial charge on any atom is 0.243 e. The molecule has 0 radical (unpaired) electrons. The zero-order valence-corrected chi connectivity index (χ0v) is 12.2. The van der Waals surface area contributed by atoms with Crippen molar-refractivity contribution in [3.05, 3.63) is 23.8 Å². The van der Waals surface area contributed by atoms with E-state index in [4.69, 9.17) is 5.73 Å². The molecule has 1 aliphatic heterocycles. The van der Waals surface area contributed by atoms with Gasteiger partial charge in [0.25, 0.3) is 0 Å². The fraction of sp³-hybridized carbons (Fsp3) is 0.538. The summed E-state index contributed by atoms with van der Waals surface area (Å²) in [6.45, 7) is 5.84. The zero-order valence-electron chi connectivity index (χ0n) is 11.4. The molecule has 1 fully saturated rings. The molecule has 19 heavy (non-hydrogen) atoms. The van der Waals surface area contributed by atoms with Gasteiger partial charge in [0.1, 0.15) is 0 Å². The number of nitrogens with two attached hydrogens (primary N) is 1. The van der Waals surface area contributed by atoms with Crippen molar-refractivity contribution in [1.82, 2.24) is 4.31 Å². The highest BCUT2D eigenvalue weighted by molar-refractivity contribution is 7.89. The number of nitrogens with zero attached hydrogens (tertiary/aromatic N) is 1. The van der Waals surface area contributed by atoms with Crippen LogP contribution in [0.4, 0.5) is 5.69 Å². The predicted octanol–water partition coefficient (Wildman–Crippen LogP) is 0.969. The SMILES string of the molecule is Cc1cc(S(=O)(=O)N2CC(O)(C(C)C)C2)ccc1N. The first-order valence-electron chi connectivity index (χ1n) is 6.25. The minimum atomic E-state index is -3.53. The van der Waals surface area contributed by atoms with Crippen LogP contribution in [0.3, 0.4) is 0 Å². The number of anilines is 1. The summed E-state index contributed by atoms with van der Waals surface area (Å²) in [4.78, 5) is 0.227. The topological polar surface area (TPSA) is 83.6 Å². The van der Waals surface area contributed by atoms with Crippen molar-refractivity contribution >= 4 is 15.7 Å². The second-order valence-electron chi connectivity index (χ2n) is 5.55. The molecule has 0 aromatic heterocycles. The fourth-order valence-electron chi connectivity index (χ4n) is 2.06. The molecule has 0 unspecified atom stereocenters. The number of benzene rings is 1. The molecule has 0 atom stereocenters. The van der Waals surface area contributed by atoms with E-state index in [0.29, 0.717) is 5.69 Å². The summed E-state index contributed by atoms with van der Waals surface area (Å²) >= 11 is 0. The van der Waals surface area contributed by atoms with Gasteiger partial charge in [0.15, 0.2) is 0 Å². The van der Waals surface area contributed by atoms with Gasteiger partial charge >= 0.3 is 0 Å². The molecule has 0 saturated carbocycles. The maximum absolute atomic E-state index is 12.4. The van der Waals surface area contributed by atoms with Gasteiger partial charge in [-0.25, -0.2) is 8.42 Å². The molecule has 5 nitrogen and oxygen atoms in total. The fourth-order valence-corrected chi connectivity index (χ4v) is 3.71. The van der Waals surface area contributed by atoms with Crippen molar-refractivity contribution in [3.63, 3.8) is 0 Å². The molecular formula is C13H20N2O3S. The number of aliphatic hydroxyl groups is 1. The lowest BCUT2D eigenvalue weighted by Crippen LogP contribution is -2.65. The largest absolute Gasteiger partial charge is 0.399 e. The Bertz CT molecular complexity index is 590. The summed E-state index contributed by atoms with van der Waals surface area (Å²) in [7, 11) is -3.53. The lowest BCUT2D eigenvalue weighted by Gasteiger charge is -2.47. The van der Waals surface area contributed by atoms with Crippen LogP contribution in [-0.2, 0) is 10.0 Å². The average Bonchev–Trinajstić information content (AvgIpc) is 2.27. The third-order valence-electron chi connectivity index (χ3n) is 3.85. The Balaban J connectivity index is 2.23. The van der Waals surface area contributed by atoms with Crippen LogP contribution in [-0.4, -0.2) is 36.5 Å². The molecule has 1 saturated heterocycles. The van der Waals surface area contributed by atoms with Crippen LogP contribution in [0, 0.1) is 12.8 Å². The number of sulfonamides is 1. The summed E-state index contributed by atoms with van der Waals surface area (Å²) in [6, 6.07) is 4.67. The lowest BCUT2D eigenvalue weighted by atomic mass is 9.85. The van der Waals surface area contributed by atoms with E-state index in [0.717, 1.165) is 5.56 Å². The van der Waals surface area contributed by atoms with Crippen molar-refractivity contribution < 1.29 is 13.5 Å². The minimum absolute atomic E-state index is 0.0344. The molecule has 1 aromatic rings. The van der Waals surface area contributed by atoms with Crippen molar-refractivity contribution in [2.24, 2.45) is 5.92 Å². The maximum atomic E-state index is 12.4. The van der Waals surface area contributed by atoms with Gasteiger partial charge in [0.05, 0.1) is 10.5 Å². The average molecular weight is 284 g/mol. The van der Waals surface area contributed by atoms with E-state index < -0.39 is 15.6 Å². The van der Waals surface area contributed by atoms with Crippen LogP contribution in [0.1, 0.15) is 19.4 Å². The van der Waals surface area contributed by atoms with Gasteiger partial charge in [-0.15, -0.1) is 0 Å². The van der Waals surface area contributed by atoms with E-state index in [-0.39, 0.29) is 23.9 Å². The lowest BCUT2D eigenvalue weighted by molar-refractivity contribution is -0.0932. The molecule has 0 amide bonds. The van der Waals surface area contributed by atoms with Gasteiger partial charge < -0.3 is 10.8 Å². The molecule has 0 spiro atoms. The summed E-state index contributed by atoms with van der Waals surface area (Å²) in [5.74, 6) is 0.0344. The van der Waals surface area contributed by atoms with Crippen LogP contribution >= 0.6 is 0 Å². The number of aryl methyl sites for hydroxylation is 1. The molecule has 1 aromatic carbocycles. The van der Waals surface area contributed by atoms with Gasteiger partial charge in [-0.1, -0.05) is 13.8 Å². The Labute approximate surface area is 114 Å². The Morgan fingerprint density at radius 1 is 1.37 bits per heavy atom. The van der Waals surface area contributed by atoms with E-state index in [9.17, 15) is 13.5 Å². The Morgan fingerprint density at radius 3 is 2.42 bits per heavy atom. The number of hydrogen-bond donors (Lipinski definition) is 2. The van der Waals surface area contributed by atoms with E-state index in [1.807, 2.05) is 13.8 Å². The zero-order chi connectivity index (χ0) is 14.4. The molecule has 6 heteroatoms. The first kappa shape index (κ1) is 14.3. The van der Waals surface area contributed by atoms with E-state index in [1.54, 1.807) is 19.1 Å². The highest BCUT2D eigenvalue weighted by Crippen LogP contribution is 2.33. The molecule has 2 rings (SSSR count). The van der Waals surface area contributed by atoms with Crippen molar-refractivity contribution in [1.29, 1.82) is 0 Å². The minimum Gasteiger partial charge on any atom is -0.399 e. The highest BCUT2D eigenvalue weighted by atomic mass is 32.2. The van der Waals surface area contributed by atoms with Crippen LogP contribution in [0.5, 0.6) is 0 Å². The van der Waals surface area contributed by atoms with Crippen molar-refractivity contribution in [3.8, 4) is 0 Å². The number of nitrogen functional groups attached to an aromatic ring is 1. The number of hydrogen-bond acceptors (Lipinski definition) is 4. The normalized spacial score (nSPS) is 19.4. The Kier molecular flexibility index (Phi) is 3.36. The quantitative estimate of drug-likeness (QED) is 0.810. The summed E-state index contributed by atoms with van der Waals surface area (Å²) in [6.07, 6.45) is 0. The number of β-amino-alcohol motifs (C(OH)–C–C–N with tert-alkyl or cyclic N) is 1. The van der Waals surface area contributed by atoms with Gasteiger partial charge in [-0.3, -0.25) is 0 Å². The van der Waals surface area contributed by atoms with Crippen LogP contribution < -0.4 is 5.73 Å². The third-order valence-corrected chi connectivity index (χ3v) is 5.64.